The fraction of sp³-hybridized carbons (Fsp3) is 0.385. The Labute approximate surface area is 115 Å². The van der Waals surface area contributed by atoms with Crippen LogP contribution in [-0.4, -0.2) is 23.9 Å². The van der Waals surface area contributed by atoms with Gasteiger partial charge in [-0.1, -0.05) is 15.9 Å². The molecular formula is C13H17BrN2O2. The van der Waals surface area contributed by atoms with Gasteiger partial charge in [-0.2, -0.15) is 0 Å². The fourth-order valence-corrected chi connectivity index (χ4v) is 1.62. The number of hydrogen-bond donors (Lipinski definition) is 2. The van der Waals surface area contributed by atoms with Gasteiger partial charge in [-0.05, 0) is 45.0 Å². The molecule has 5 heteroatoms. The van der Waals surface area contributed by atoms with Crippen LogP contribution in [0.25, 0.3) is 0 Å². The molecule has 1 atom stereocenters. The van der Waals surface area contributed by atoms with Crippen molar-refractivity contribution in [2.75, 3.05) is 0 Å². The second kappa shape index (κ2) is 6.54. The molecule has 98 valence electrons. The molecule has 0 aliphatic heterocycles. The van der Waals surface area contributed by atoms with E-state index in [2.05, 4.69) is 26.6 Å². The molecule has 2 amide bonds. The maximum atomic E-state index is 11.9. The smallest absolute Gasteiger partial charge is 0.251 e. The number of hydrogen-bond acceptors (Lipinski definition) is 2. The summed E-state index contributed by atoms with van der Waals surface area (Å²) in [5, 5.41) is 5.40. The van der Waals surface area contributed by atoms with Crippen molar-refractivity contribution in [3.05, 3.63) is 34.3 Å². The standard InChI is InChI=1S/C13H17BrN2O2/c1-8(2)15-12(17)9(3)16-13(18)10-4-6-11(14)7-5-10/h4-9H,1-3H3,(H,15,17)(H,16,18). The van der Waals surface area contributed by atoms with Crippen molar-refractivity contribution in [1.82, 2.24) is 10.6 Å². The van der Waals surface area contributed by atoms with Gasteiger partial charge in [0.15, 0.2) is 0 Å². The van der Waals surface area contributed by atoms with Gasteiger partial charge in [-0.25, -0.2) is 0 Å². The van der Waals surface area contributed by atoms with E-state index >= 15 is 0 Å². The highest BCUT2D eigenvalue weighted by molar-refractivity contribution is 9.10. The van der Waals surface area contributed by atoms with Crippen LogP contribution in [0.3, 0.4) is 0 Å². The molecule has 0 aliphatic carbocycles. The van der Waals surface area contributed by atoms with E-state index in [1.165, 1.54) is 0 Å². The van der Waals surface area contributed by atoms with Gasteiger partial charge in [0.25, 0.3) is 5.91 Å². The van der Waals surface area contributed by atoms with Crippen LogP contribution in [0, 0.1) is 0 Å². The molecule has 1 aromatic rings. The molecule has 0 bridgehead atoms. The number of carbonyl (C=O) groups excluding carboxylic acids is 2. The second-order valence-corrected chi connectivity index (χ2v) is 5.28. The minimum absolute atomic E-state index is 0.0598. The Morgan fingerprint density at radius 2 is 1.61 bits per heavy atom. The van der Waals surface area contributed by atoms with Crippen LogP contribution in [-0.2, 0) is 4.79 Å². The molecule has 0 saturated carbocycles. The Hall–Kier alpha value is -1.36. The van der Waals surface area contributed by atoms with E-state index in [1.54, 1.807) is 31.2 Å². The van der Waals surface area contributed by atoms with Gasteiger partial charge in [0.05, 0.1) is 0 Å². The maximum Gasteiger partial charge on any atom is 0.251 e. The second-order valence-electron chi connectivity index (χ2n) is 4.37. The topological polar surface area (TPSA) is 58.2 Å². The van der Waals surface area contributed by atoms with Crippen LogP contribution in [0.15, 0.2) is 28.7 Å². The van der Waals surface area contributed by atoms with Crippen molar-refractivity contribution >= 4 is 27.7 Å². The average Bonchev–Trinajstić information content (AvgIpc) is 2.28. The Kier molecular flexibility index (Phi) is 5.34. The molecule has 0 spiro atoms. The van der Waals surface area contributed by atoms with E-state index in [-0.39, 0.29) is 17.9 Å². The van der Waals surface area contributed by atoms with Crippen molar-refractivity contribution in [2.24, 2.45) is 0 Å². The molecule has 18 heavy (non-hydrogen) atoms. The van der Waals surface area contributed by atoms with Crippen molar-refractivity contribution in [3.63, 3.8) is 0 Å². The molecule has 1 unspecified atom stereocenters. The maximum absolute atomic E-state index is 11.9. The highest BCUT2D eigenvalue weighted by atomic mass is 79.9. The van der Waals surface area contributed by atoms with Crippen LogP contribution in [0.5, 0.6) is 0 Å². The zero-order valence-electron chi connectivity index (χ0n) is 10.7. The van der Waals surface area contributed by atoms with Crippen LogP contribution in [0.2, 0.25) is 0 Å². The summed E-state index contributed by atoms with van der Waals surface area (Å²) in [6.07, 6.45) is 0. The summed E-state index contributed by atoms with van der Waals surface area (Å²) < 4.78 is 0.907. The SMILES string of the molecule is CC(C)NC(=O)C(C)NC(=O)c1ccc(Br)cc1. The van der Waals surface area contributed by atoms with Gasteiger partial charge >= 0.3 is 0 Å². The average molecular weight is 313 g/mol. The first-order valence-electron chi connectivity index (χ1n) is 5.77. The molecule has 0 heterocycles. The fourth-order valence-electron chi connectivity index (χ4n) is 1.36. The number of nitrogens with one attached hydrogen (secondary N) is 2. The summed E-state index contributed by atoms with van der Waals surface area (Å²) in [7, 11) is 0. The zero-order chi connectivity index (χ0) is 13.7. The van der Waals surface area contributed by atoms with Crippen molar-refractivity contribution in [1.29, 1.82) is 0 Å². The molecular weight excluding hydrogens is 296 g/mol. The molecule has 0 aromatic heterocycles. The number of benzene rings is 1. The predicted octanol–water partition coefficient (Wildman–Crippen LogP) is 2.09. The lowest BCUT2D eigenvalue weighted by Crippen LogP contribution is -2.46. The van der Waals surface area contributed by atoms with Crippen molar-refractivity contribution < 1.29 is 9.59 Å². The van der Waals surface area contributed by atoms with Crippen LogP contribution in [0.4, 0.5) is 0 Å². The summed E-state index contributed by atoms with van der Waals surface area (Å²) >= 11 is 3.30. The van der Waals surface area contributed by atoms with E-state index in [9.17, 15) is 9.59 Å². The van der Waals surface area contributed by atoms with Gasteiger partial charge in [-0.3, -0.25) is 9.59 Å². The monoisotopic (exact) mass is 312 g/mol. The highest BCUT2D eigenvalue weighted by Crippen LogP contribution is 2.10. The lowest BCUT2D eigenvalue weighted by Gasteiger charge is -2.16. The number of carbonyl (C=O) groups is 2. The van der Waals surface area contributed by atoms with Crippen LogP contribution in [0.1, 0.15) is 31.1 Å². The van der Waals surface area contributed by atoms with Gasteiger partial charge in [0.2, 0.25) is 5.91 Å². The Morgan fingerprint density at radius 1 is 1.06 bits per heavy atom. The normalized spacial score (nSPS) is 12.1. The summed E-state index contributed by atoms with van der Waals surface area (Å²) in [6, 6.07) is 6.48. The van der Waals surface area contributed by atoms with E-state index in [0.29, 0.717) is 5.56 Å². The van der Waals surface area contributed by atoms with E-state index < -0.39 is 6.04 Å². The van der Waals surface area contributed by atoms with Gasteiger partial charge < -0.3 is 10.6 Å². The molecule has 1 aromatic carbocycles. The van der Waals surface area contributed by atoms with Crippen LogP contribution < -0.4 is 10.6 Å². The number of amides is 2. The zero-order valence-corrected chi connectivity index (χ0v) is 12.2. The molecule has 0 fully saturated rings. The van der Waals surface area contributed by atoms with Crippen molar-refractivity contribution in [2.45, 2.75) is 32.9 Å². The lowest BCUT2D eigenvalue weighted by atomic mass is 10.2. The Morgan fingerprint density at radius 3 is 2.11 bits per heavy atom. The Balaban J connectivity index is 2.59. The first-order valence-corrected chi connectivity index (χ1v) is 6.56. The minimum atomic E-state index is -0.552. The van der Waals surface area contributed by atoms with Gasteiger partial charge in [0, 0.05) is 16.1 Å². The molecule has 2 N–H and O–H groups in total. The first kappa shape index (κ1) is 14.7. The number of halogens is 1. The highest BCUT2D eigenvalue weighted by Gasteiger charge is 2.16. The third-order valence-corrected chi connectivity index (χ3v) is 2.81. The first-order chi connectivity index (χ1) is 8.40. The van der Waals surface area contributed by atoms with Gasteiger partial charge in [0.1, 0.15) is 6.04 Å². The van der Waals surface area contributed by atoms with Crippen LogP contribution >= 0.6 is 15.9 Å². The summed E-state index contributed by atoms with van der Waals surface area (Å²) in [4.78, 5) is 23.5. The molecule has 1 rings (SSSR count). The lowest BCUT2D eigenvalue weighted by molar-refractivity contribution is -0.123. The molecule has 0 aliphatic rings. The molecule has 4 nitrogen and oxygen atoms in total. The summed E-state index contributed by atoms with van der Waals surface area (Å²) in [5.41, 5.74) is 0.530. The third kappa shape index (κ3) is 4.49. The molecule has 0 saturated heterocycles. The van der Waals surface area contributed by atoms with Gasteiger partial charge in [-0.15, -0.1) is 0 Å². The summed E-state index contributed by atoms with van der Waals surface area (Å²) in [5.74, 6) is -0.440. The quantitative estimate of drug-likeness (QED) is 0.894. The van der Waals surface area contributed by atoms with E-state index in [4.69, 9.17) is 0 Å². The Bertz CT molecular complexity index is 429. The minimum Gasteiger partial charge on any atom is -0.352 e. The molecule has 0 radical (unpaired) electrons. The van der Waals surface area contributed by atoms with E-state index in [1.807, 2.05) is 13.8 Å². The summed E-state index contributed by atoms with van der Waals surface area (Å²) in [6.45, 7) is 5.41. The number of rotatable bonds is 4. The largest absolute Gasteiger partial charge is 0.352 e. The van der Waals surface area contributed by atoms with E-state index in [0.717, 1.165) is 4.47 Å². The third-order valence-electron chi connectivity index (χ3n) is 2.28. The van der Waals surface area contributed by atoms with Crippen molar-refractivity contribution in [3.8, 4) is 0 Å². The predicted molar refractivity (Wildman–Crippen MR) is 74.3 cm³/mol.